The number of fused-ring (bicyclic) bond motifs is 1. The number of carbonyl (C=O) groups excluding carboxylic acids is 1. The van der Waals surface area contributed by atoms with Gasteiger partial charge in [0, 0.05) is 28.7 Å². The van der Waals surface area contributed by atoms with E-state index in [4.69, 9.17) is 0 Å². The lowest BCUT2D eigenvalue weighted by Crippen LogP contribution is -2.35. The van der Waals surface area contributed by atoms with Crippen LogP contribution in [0.1, 0.15) is 34.6 Å². The first-order valence-electron chi connectivity index (χ1n) is 8.99. The van der Waals surface area contributed by atoms with Crippen molar-refractivity contribution in [3.05, 3.63) is 70.3 Å². The molecule has 0 spiro atoms. The molecule has 4 rings (SSSR count). The van der Waals surface area contributed by atoms with Crippen molar-refractivity contribution in [1.29, 1.82) is 0 Å². The number of aromatic hydroxyl groups is 1. The van der Waals surface area contributed by atoms with Gasteiger partial charge in [0.15, 0.2) is 11.7 Å². The number of hydrogen-bond donors (Lipinski definition) is 3. The SMILES string of the molecule is O=C(Nc1cccc(O)c1)c1cc2n(n1)[C@H](C(F)(F)F)C[C@@H](c1ccc(Br)cc1)N2. The summed E-state index contributed by atoms with van der Waals surface area (Å²) in [6.45, 7) is 0. The Morgan fingerprint density at radius 2 is 1.93 bits per heavy atom. The van der Waals surface area contributed by atoms with Crippen molar-refractivity contribution in [2.24, 2.45) is 0 Å². The number of anilines is 2. The van der Waals surface area contributed by atoms with Crippen molar-refractivity contribution in [3.63, 3.8) is 0 Å². The molecule has 6 nitrogen and oxygen atoms in total. The zero-order chi connectivity index (χ0) is 21.5. The van der Waals surface area contributed by atoms with Crippen molar-refractivity contribution in [3.8, 4) is 5.75 Å². The number of phenols is 1. The summed E-state index contributed by atoms with van der Waals surface area (Å²) >= 11 is 3.32. The Hall–Kier alpha value is -3.01. The predicted octanol–water partition coefficient (Wildman–Crippen LogP) is 5.26. The molecule has 1 aliphatic rings. The maximum atomic E-state index is 13.8. The van der Waals surface area contributed by atoms with Gasteiger partial charge in [-0.3, -0.25) is 4.79 Å². The van der Waals surface area contributed by atoms with Gasteiger partial charge in [0.05, 0.1) is 6.04 Å². The van der Waals surface area contributed by atoms with E-state index in [-0.39, 0.29) is 23.7 Å². The zero-order valence-electron chi connectivity index (χ0n) is 15.3. The highest BCUT2D eigenvalue weighted by atomic mass is 79.9. The molecule has 2 aromatic carbocycles. The van der Waals surface area contributed by atoms with Crippen LogP contribution in [0, 0.1) is 0 Å². The van der Waals surface area contributed by atoms with Crippen molar-refractivity contribution in [2.45, 2.75) is 24.7 Å². The van der Waals surface area contributed by atoms with E-state index >= 15 is 0 Å². The molecule has 0 radical (unpaired) electrons. The molecule has 1 amide bonds. The third-order valence-electron chi connectivity index (χ3n) is 4.80. The van der Waals surface area contributed by atoms with E-state index in [1.165, 1.54) is 24.3 Å². The minimum Gasteiger partial charge on any atom is -0.508 e. The number of nitrogens with one attached hydrogen (secondary N) is 2. The number of benzene rings is 2. The molecule has 3 aromatic rings. The van der Waals surface area contributed by atoms with Crippen molar-refractivity contribution >= 4 is 33.3 Å². The zero-order valence-corrected chi connectivity index (χ0v) is 16.9. The summed E-state index contributed by atoms with van der Waals surface area (Å²) in [5.74, 6) is -0.615. The lowest BCUT2D eigenvalue weighted by Gasteiger charge is -2.33. The first-order chi connectivity index (χ1) is 14.2. The van der Waals surface area contributed by atoms with Crippen LogP contribution < -0.4 is 10.6 Å². The van der Waals surface area contributed by atoms with Gasteiger partial charge in [-0.15, -0.1) is 0 Å². The molecule has 0 aliphatic carbocycles. The molecule has 0 bridgehead atoms. The first-order valence-corrected chi connectivity index (χ1v) is 9.78. The minimum atomic E-state index is -4.53. The number of rotatable bonds is 3. The van der Waals surface area contributed by atoms with Crippen LogP contribution in [-0.2, 0) is 0 Å². The summed E-state index contributed by atoms with van der Waals surface area (Å²) in [7, 11) is 0. The Morgan fingerprint density at radius 1 is 1.20 bits per heavy atom. The summed E-state index contributed by atoms with van der Waals surface area (Å²) < 4.78 is 42.9. The standard InChI is InChI=1S/C20H16BrF3N4O2/c21-12-6-4-11(5-7-12)15-9-17(20(22,23)24)28-18(26-15)10-16(27-28)19(30)25-13-2-1-3-14(29)8-13/h1-8,10,15,17,26,29H,9H2,(H,25,30)/t15-,17-/m0/s1. The molecule has 0 saturated heterocycles. The Labute approximate surface area is 177 Å². The Balaban J connectivity index is 1.64. The molecule has 1 aromatic heterocycles. The van der Waals surface area contributed by atoms with E-state index < -0.39 is 24.2 Å². The molecule has 0 unspecified atom stereocenters. The molecule has 1 aliphatic heterocycles. The summed E-state index contributed by atoms with van der Waals surface area (Å²) in [4.78, 5) is 12.5. The average Bonchev–Trinajstić information content (AvgIpc) is 3.11. The van der Waals surface area contributed by atoms with E-state index in [9.17, 15) is 23.1 Å². The van der Waals surface area contributed by atoms with Gasteiger partial charge in [-0.1, -0.05) is 34.1 Å². The molecule has 10 heteroatoms. The van der Waals surface area contributed by atoms with Gasteiger partial charge in [0.25, 0.3) is 5.91 Å². The van der Waals surface area contributed by atoms with Crippen LogP contribution in [0.3, 0.4) is 0 Å². The molecule has 30 heavy (non-hydrogen) atoms. The van der Waals surface area contributed by atoms with Gasteiger partial charge in [0.2, 0.25) is 0 Å². The van der Waals surface area contributed by atoms with Crippen molar-refractivity contribution in [2.75, 3.05) is 10.6 Å². The number of nitrogens with zero attached hydrogens (tertiary/aromatic N) is 2. The number of amides is 1. The number of halogens is 4. The van der Waals surface area contributed by atoms with E-state index in [0.717, 1.165) is 9.15 Å². The third-order valence-corrected chi connectivity index (χ3v) is 5.33. The number of alkyl halides is 3. The number of aromatic nitrogens is 2. The summed E-state index contributed by atoms with van der Waals surface area (Å²) in [6.07, 6.45) is -4.79. The van der Waals surface area contributed by atoms with E-state index in [1.54, 1.807) is 30.3 Å². The molecule has 0 fully saturated rings. The average molecular weight is 481 g/mol. The van der Waals surface area contributed by atoms with E-state index in [0.29, 0.717) is 11.3 Å². The van der Waals surface area contributed by atoms with Gasteiger partial charge < -0.3 is 15.7 Å². The highest BCUT2D eigenvalue weighted by molar-refractivity contribution is 9.10. The van der Waals surface area contributed by atoms with Gasteiger partial charge in [-0.25, -0.2) is 4.68 Å². The fourth-order valence-electron chi connectivity index (χ4n) is 3.38. The minimum absolute atomic E-state index is 0.0481. The first kappa shape index (κ1) is 20.3. The van der Waals surface area contributed by atoms with Crippen LogP contribution in [0.15, 0.2) is 59.1 Å². The molecule has 2 atom stereocenters. The second kappa shape index (κ2) is 7.67. The largest absolute Gasteiger partial charge is 0.508 e. The van der Waals surface area contributed by atoms with Gasteiger partial charge in [-0.2, -0.15) is 18.3 Å². The topological polar surface area (TPSA) is 79.2 Å². The molecule has 3 N–H and O–H groups in total. The maximum Gasteiger partial charge on any atom is 0.410 e. The van der Waals surface area contributed by atoms with Crippen LogP contribution in [0.4, 0.5) is 24.7 Å². The maximum absolute atomic E-state index is 13.8. The predicted molar refractivity (Wildman–Crippen MR) is 109 cm³/mol. The lowest BCUT2D eigenvalue weighted by atomic mass is 9.97. The smallest absolute Gasteiger partial charge is 0.410 e. The molecular formula is C20H16BrF3N4O2. The molecular weight excluding hydrogens is 465 g/mol. The van der Waals surface area contributed by atoms with Crippen molar-refractivity contribution < 1.29 is 23.1 Å². The highest BCUT2D eigenvalue weighted by Gasteiger charge is 2.46. The quantitative estimate of drug-likeness (QED) is 0.477. The normalized spacial score (nSPS) is 18.4. The molecule has 0 saturated carbocycles. The summed E-state index contributed by atoms with van der Waals surface area (Å²) in [5.41, 5.74) is 0.844. The van der Waals surface area contributed by atoms with Crippen LogP contribution >= 0.6 is 15.9 Å². The second-order valence-electron chi connectivity index (χ2n) is 6.91. The lowest BCUT2D eigenvalue weighted by molar-refractivity contribution is -0.173. The highest BCUT2D eigenvalue weighted by Crippen LogP contribution is 2.43. The fourth-order valence-corrected chi connectivity index (χ4v) is 3.64. The number of phenolic OH excluding ortho intramolecular Hbond substituents is 1. The van der Waals surface area contributed by atoms with Crippen LogP contribution in [0.2, 0.25) is 0 Å². The van der Waals surface area contributed by atoms with Crippen LogP contribution in [0.5, 0.6) is 5.75 Å². The second-order valence-corrected chi connectivity index (χ2v) is 7.82. The summed E-state index contributed by atoms with van der Waals surface area (Å²) in [6, 6.07) is 11.7. The van der Waals surface area contributed by atoms with Crippen LogP contribution in [0.25, 0.3) is 0 Å². The number of carbonyl (C=O) groups is 1. The Bertz CT molecular complexity index is 1080. The number of hydrogen-bond acceptors (Lipinski definition) is 4. The van der Waals surface area contributed by atoms with Gasteiger partial charge >= 0.3 is 6.18 Å². The van der Waals surface area contributed by atoms with Gasteiger partial charge in [-0.05, 0) is 29.8 Å². The fraction of sp³-hybridized carbons (Fsp3) is 0.200. The molecule has 2 heterocycles. The van der Waals surface area contributed by atoms with Crippen LogP contribution in [-0.4, -0.2) is 27.0 Å². The Morgan fingerprint density at radius 3 is 2.60 bits per heavy atom. The van der Waals surface area contributed by atoms with E-state index in [1.807, 2.05) is 0 Å². The Kier molecular flexibility index (Phi) is 5.19. The monoisotopic (exact) mass is 480 g/mol. The third kappa shape index (κ3) is 4.13. The van der Waals surface area contributed by atoms with Gasteiger partial charge in [0.1, 0.15) is 11.6 Å². The molecule has 156 valence electrons. The van der Waals surface area contributed by atoms with Crippen molar-refractivity contribution in [1.82, 2.24) is 9.78 Å². The van der Waals surface area contributed by atoms with E-state index in [2.05, 4.69) is 31.7 Å². The summed E-state index contributed by atoms with van der Waals surface area (Å²) in [5, 5.41) is 19.0.